The Bertz CT molecular complexity index is 768. The van der Waals surface area contributed by atoms with Crippen LogP contribution in [0.4, 0.5) is 0 Å². The number of carbonyl (C=O) groups is 1. The summed E-state index contributed by atoms with van der Waals surface area (Å²) in [5.74, 6) is 0.603. The van der Waals surface area contributed by atoms with E-state index in [4.69, 9.17) is 4.74 Å². The first-order valence-corrected chi connectivity index (χ1v) is 9.23. The molecule has 2 aromatic carbocycles. The second-order valence-corrected chi connectivity index (χ2v) is 7.44. The van der Waals surface area contributed by atoms with E-state index in [-0.39, 0.29) is 18.3 Å². The van der Waals surface area contributed by atoms with Crippen LogP contribution in [0.5, 0.6) is 11.5 Å². The molecular formula is C17H16I2N2O3. The molecule has 126 valence electrons. The van der Waals surface area contributed by atoms with Gasteiger partial charge in [0.05, 0.1) is 13.4 Å². The Labute approximate surface area is 167 Å². The highest BCUT2D eigenvalue weighted by atomic mass is 127. The van der Waals surface area contributed by atoms with Crippen molar-refractivity contribution in [3.63, 3.8) is 0 Å². The number of ether oxygens (including phenoxy) is 1. The summed E-state index contributed by atoms with van der Waals surface area (Å²) < 4.78 is 6.97. The number of phenols is 1. The van der Waals surface area contributed by atoms with Crippen molar-refractivity contribution >= 4 is 57.3 Å². The molecule has 5 nitrogen and oxygen atoms in total. The lowest BCUT2D eigenvalue weighted by Crippen LogP contribution is -2.24. The summed E-state index contributed by atoms with van der Waals surface area (Å²) in [6.07, 6.45) is 1.53. The zero-order valence-electron chi connectivity index (χ0n) is 13.1. The van der Waals surface area contributed by atoms with Gasteiger partial charge >= 0.3 is 0 Å². The molecule has 0 aromatic heterocycles. The summed E-state index contributed by atoms with van der Waals surface area (Å²) in [7, 11) is 0. The van der Waals surface area contributed by atoms with E-state index in [2.05, 4.69) is 10.5 Å². The van der Waals surface area contributed by atoms with Gasteiger partial charge in [0.25, 0.3) is 5.91 Å². The Morgan fingerprint density at radius 3 is 2.62 bits per heavy atom. The SMILES string of the molecule is Cc1cccc(OCC(=O)N/N=C/c2cc(I)c(O)c(I)c2)c1C. The van der Waals surface area contributed by atoms with Gasteiger partial charge in [0.15, 0.2) is 6.61 Å². The number of hydrogen-bond acceptors (Lipinski definition) is 4. The maximum absolute atomic E-state index is 11.8. The molecule has 0 aliphatic carbocycles. The molecule has 0 aliphatic rings. The highest BCUT2D eigenvalue weighted by molar-refractivity contribution is 14.1. The first-order chi connectivity index (χ1) is 11.4. The fraction of sp³-hybridized carbons (Fsp3) is 0.176. The Morgan fingerprint density at radius 1 is 1.29 bits per heavy atom. The second kappa shape index (κ2) is 8.65. The Morgan fingerprint density at radius 2 is 1.96 bits per heavy atom. The summed E-state index contributed by atoms with van der Waals surface area (Å²) in [6.45, 7) is 3.84. The van der Waals surface area contributed by atoms with E-state index in [1.165, 1.54) is 6.21 Å². The van der Waals surface area contributed by atoms with Gasteiger partial charge in [0.2, 0.25) is 0 Å². The number of nitrogens with zero attached hydrogens (tertiary/aromatic N) is 1. The molecule has 2 rings (SSSR count). The van der Waals surface area contributed by atoms with Crippen molar-refractivity contribution in [2.45, 2.75) is 13.8 Å². The zero-order chi connectivity index (χ0) is 17.7. The molecule has 0 radical (unpaired) electrons. The fourth-order valence-electron chi connectivity index (χ4n) is 1.89. The standard InChI is InChI=1S/C17H16I2N2O3/c1-10-4-3-5-15(11(10)2)24-9-16(22)21-20-8-12-6-13(18)17(23)14(19)7-12/h3-8,23H,9H2,1-2H3,(H,21,22)/b20-8+. The van der Waals surface area contributed by atoms with Crippen molar-refractivity contribution < 1.29 is 14.6 Å². The van der Waals surface area contributed by atoms with E-state index in [0.29, 0.717) is 5.75 Å². The first kappa shape index (κ1) is 19.0. The van der Waals surface area contributed by atoms with Gasteiger partial charge in [0.1, 0.15) is 11.5 Å². The van der Waals surface area contributed by atoms with Crippen molar-refractivity contribution in [1.82, 2.24) is 5.43 Å². The number of rotatable bonds is 5. The lowest BCUT2D eigenvalue weighted by Gasteiger charge is -2.09. The Kier molecular flexibility index (Phi) is 6.84. The largest absolute Gasteiger partial charge is 0.506 e. The molecule has 0 bridgehead atoms. The first-order valence-electron chi connectivity index (χ1n) is 7.07. The number of nitrogens with one attached hydrogen (secondary N) is 1. The Hall–Kier alpha value is -1.36. The predicted octanol–water partition coefficient (Wildman–Crippen LogP) is 3.75. The number of hydrazone groups is 1. The third-order valence-electron chi connectivity index (χ3n) is 3.36. The second-order valence-electron chi connectivity index (χ2n) is 5.11. The summed E-state index contributed by atoms with van der Waals surface area (Å²) in [6, 6.07) is 9.27. The smallest absolute Gasteiger partial charge is 0.277 e. The molecule has 0 saturated heterocycles. The van der Waals surface area contributed by atoms with E-state index >= 15 is 0 Å². The van der Waals surface area contributed by atoms with Crippen LogP contribution in [0.1, 0.15) is 16.7 Å². The molecule has 7 heteroatoms. The molecule has 0 fully saturated rings. The summed E-state index contributed by atoms with van der Waals surface area (Å²) in [5.41, 5.74) is 5.35. The highest BCUT2D eigenvalue weighted by Gasteiger charge is 2.06. The lowest BCUT2D eigenvalue weighted by molar-refractivity contribution is -0.123. The number of aromatic hydroxyl groups is 1. The monoisotopic (exact) mass is 550 g/mol. The van der Waals surface area contributed by atoms with Crippen LogP contribution in [0.15, 0.2) is 35.4 Å². The van der Waals surface area contributed by atoms with Gasteiger partial charge in [-0.15, -0.1) is 0 Å². The lowest BCUT2D eigenvalue weighted by atomic mass is 10.1. The minimum atomic E-state index is -0.338. The maximum atomic E-state index is 11.8. The van der Waals surface area contributed by atoms with Gasteiger partial charge in [-0.05, 0) is 93.9 Å². The third-order valence-corrected chi connectivity index (χ3v) is 5.00. The topological polar surface area (TPSA) is 70.9 Å². The van der Waals surface area contributed by atoms with Crippen LogP contribution in [-0.2, 0) is 4.79 Å². The normalized spacial score (nSPS) is 10.8. The van der Waals surface area contributed by atoms with Crippen molar-refractivity contribution in [2.24, 2.45) is 5.10 Å². The van der Waals surface area contributed by atoms with Gasteiger partial charge in [-0.25, -0.2) is 5.43 Å². The molecule has 2 aromatic rings. The van der Waals surface area contributed by atoms with Crippen molar-refractivity contribution in [2.75, 3.05) is 6.61 Å². The van der Waals surface area contributed by atoms with Crippen LogP contribution in [0.25, 0.3) is 0 Å². The van der Waals surface area contributed by atoms with Crippen LogP contribution in [0.3, 0.4) is 0 Å². The average molecular weight is 550 g/mol. The van der Waals surface area contributed by atoms with Crippen LogP contribution in [0, 0.1) is 21.0 Å². The van der Waals surface area contributed by atoms with E-state index in [1.807, 2.05) is 77.2 Å². The Balaban J connectivity index is 1.90. The van der Waals surface area contributed by atoms with Gasteiger partial charge in [-0.2, -0.15) is 5.10 Å². The molecule has 1 amide bonds. The minimum Gasteiger partial charge on any atom is -0.506 e. The summed E-state index contributed by atoms with van der Waals surface area (Å²) >= 11 is 4.08. The summed E-state index contributed by atoms with van der Waals surface area (Å²) in [5, 5.41) is 13.6. The zero-order valence-corrected chi connectivity index (χ0v) is 17.5. The van der Waals surface area contributed by atoms with E-state index in [1.54, 1.807) is 12.1 Å². The van der Waals surface area contributed by atoms with Crippen molar-refractivity contribution in [1.29, 1.82) is 0 Å². The van der Waals surface area contributed by atoms with Crippen LogP contribution in [-0.4, -0.2) is 23.8 Å². The molecule has 24 heavy (non-hydrogen) atoms. The molecule has 2 N–H and O–H groups in total. The van der Waals surface area contributed by atoms with Gasteiger partial charge in [-0.3, -0.25) is 4.79 Å². The fourth-order valence-corrected chi connectivity index (χ4v) is 3.71. The van der Waals surface area contributed by atoms with Gasteiger partial charge < -0.3 is 9.84 Å². The number of amides is 1. The number of phenolic OH excluding ortho intramolecular Hbond substituents is 1. The molecule has 0 saturated carbocycles. The molecule has 0 atom stereocenters. The van der Waals surface area contributed by atoms with Gasteiger partial charge in [0, 0.05) is 0 Å². The minimum absolute atomic E-state index is 0.105. The van der Waals surface area contributed by atoms with E-state index < -0.39 is 0 Å². The number of hydrogen-bond donors (Lipinski definition) is 2. The van der Waals surface area contributed by atoms with Crippen LogP contribution >= 0.6 is 45.2 Å². The molecule has 0 spiro atoms. The number of benzene rings is 2. The van der Waals surface area contributed by atoms with Crippen molar-refractivity contribution in [3.8, 4) is 11.5 Å². The van der Waals surface area contributed by atoms with Crippen LogP contribution in [0.2, 0.25) is 0 Å². The van der Waals surface area contributed by atoms with Crippen molar-refractivity contribution in [3.05, 3.63) is 54.2 Å². The number of halogens is 2. The van der Waals surface area contributed by atoms with E-state index in [9.17, 15) is 9.90 Å². The van der Waals surface area contributed by atoms with E-state index in [0.717, 1.165) is 23.8 Å². The number of aryl methyl sites for hydroxylation is 1. The average Bonchev–Trinajstić information content (AvgIpc) is 2.54. The molecular weight excluding hydrogens is 534 g/mol. The molecule has 0 aliphatic heterocycles. The van der Waals surface area contributed by atoms with Gasteiger partial charge in [-0.1, -0.05) is 12.1 Å². The quantitative estimate of drug-likeness (QED) is 0.339. The number of carbonyl (C=O) groups excluding carboxylic acids is 1. The third kappa shape index (κ3) is 5.07. The highest BCUT2D eigenvalue weighted by Crippen LogP contribution is 2.26. The van der Waals surface area contributed by atoms with Crippen LogP contribution < -0.4 is 10.2 Å². The molecule has 0 heterocycles. The summed E-state index contributed by atoms with van der Waals surface area (Å²) in [4.78, 5) is 11.8. The maximum Gasteiger partial charge on any atom is 0.277 e. The predicted molar refractivity (Wildman–Crippen MR) is 111 cm³/mol. The molecule has 0 unspecified atom stereocenters.